The summed E-state index contributed by atoms with van der Waals surface area (Å²) in [6, 6.07) is 15.7. The largest absolute Gasteiger partial charge is 0.313 e. The second-order valence-electron chi connectivity index (χ2n) is 5.64. The summed E-state index contributed by atoms with van der Waals surface area (Å²) in [5, 5.41) is 4.03. The maximum atomic E-state index is 12.9. The maximum absolute atomic E-state index is 12.9. The van der Waals surface area contributed by atoms with Crippen molar-refractivity contribution in [2.24, 2.45) is 0 Å². The highest BCUT2D eigenvalue weighted by atomic mass is 35.5. The molecule has 2 aromatic carbocycles. The predicted octanol–water partition coefficient (Wildman–Crippen LogP) is 5.50. The monoisotopic (exact) mass is 369 g/mol. The molecule has 0 atom stereocenters. The molecule has 0 aliphatic carbocycles. The molecule has 3 rings (SSSR count). The SMILES string of the molecule is Cc1sc(NC(=O)c2ccccc2)c(C(=O)c2ccc(Cl)cc2)c1C. The molecule has 126 valence electrons. The number of ketones is 1. The zero-order valence-corrected chi connectivity index (χ0v) is 15.4. The molecule has 1 heterocycles. The summed E-state index contributed by atoms with van der Waals surface area (Å²) in [6.07, 6.45) is 0. The summed E-state index contributed by atoms with van der Waals surface area (Å²) in [5.74, 6) is -0.353. The highest BCUT2D eigenvalue weighted by Crippen LogP contribution is 2.34. The summed E-state index contributed by atoms with van der Waals surface area (Å²) in [6.45, 7) is 3.84. The van der Waals surface area contributed by atoms with Crippen molar-refractivity contribution in [3.63, 3.8) is 0 Å². The first-order chi connectivity index (χ1) is 12.0. The predicted molar refractivity (Wildman–Crippen MR) is 103 cm³/mol. The molecule has 3 nitrogen and oxygen atoms in total. The van der Waals surface area contributed by atoms with Gasteiger partial charge in [-0.2, -0.15) is 0 Å². The lowest BCUT2D eigenvalue weighted by Crippen LogP contribution is -2.14. The second-order valence-corrected chi connectivity index (χ2v) is 7.30. The van der Waals surface area contributed by atoms with Crippen molar-refractivity contribution >= 4 is 39.6 Å². The lowest BCUT2D eigenvalue weighted by Gasteiger charge is -2.07. The van der Waals surface area contributed by atoms with Crippen molar-refractivity contribution in [2.75, 3.05) is 5.32 Å². The van der Waals surface area contributed by atoms with Gasteiger partial charge in [0, 0.05) is 21.0 Å². The minimum absolute atomic E-state index is 0.123. The van der Waals surface area contributed by atoms with E-state index in [4.69, 9.17) is 11.6 Å². The molecule has 25 heavy (non-hydrogen) atoms. The van der Waals surface area contributed by atoms with E-state index in [1.165, 1.54) is 11.3 Å². The summed E-state index contributed by atoms with van der Waals surface area (Å²) in [5.41, 5.74) is 2.51. The number of thiophene rings is 1. The van der Waals surface area contributed by atoms with Crippen LogP contribution in [0.15, 0.2) is 54.6 Å². The molecule has 0 unspecified atom stereocenters. The van der Waals surface area contributed by atoms with Gasteiger partial charge in [-0.1, -0.05) is 29.8 Å². The molecule has 3 aromatic rings. The number of halogens is 1. The number of hydrogen-bond acceptors (Lipinski definition) is 3. The van der Waals surface area contributed by atoms with E-state index in [2.05, 4.69) is 5.32 Å². The minimum Gasteiger partial charge on any atom is -0.313 e. The van der Waals surface area contributed by atoms with E-state index >= 15 is 0 Å². The third-order valence-electron chi connectivity index (χ3n) is 3.98. The zero-order chi connectivity index (χ0) is 18.0. The maximum Gasteiger partial charge on any atom is 0.256 e. The van der Waals surface area contributed by atoms with E-state index in [1.54, 1.807) is 48.5 Å². The van der Waals surface area contributed by atoms with Crippen molar-refractivity contribution in [2.45, 2.75) is 13.8 Å². The quantitative estimate of drug-likeness (QED) is 0.617. The third-order valence-corrected chi connectivity index (χ3v) is 5.36. The molecule has 0 saturated heterocycles. The number of amides is 1. The van der Waals surface area contributed by atoms with Gasteiger partial charge in [-0.3, -0.25) is 9.59 Å². The summed E-state index contributed by atoms with van der Waals surface area (Å²) in [7, 11) is 0. The number of benzene rings is 2. The standard InChI is InChI=1S/C20H16ClNO2S/c1-12-13(2)25-20(22-19(24)15-6-4-3-5-7-15)17(12)18(23)14-8-10-16(21)11-9-14/h3-11H,1-2H3,(H,22,24). The Morgan fingerprint density at radius 2 is 1.56 bits per heavy atom. The molecule has 0 fully saturated rings. The van der Waals surface area contributed by atoms with E-state index in [1.807, 2.05) is 19.9 Å². The van der Waals surface area contributed by atoms with Gasteiger partial charge >= 0.3 is 0 Å². The summed E-state index contributed by atoms with van der Waals surface area (Å²) < 4.78 is 0. The number of aryl methyl sites for hydroxylation is 1. The van der Waals surface area contributed by atoms with Crippen molar-refractivity contribution in [1.29, 1.82) is 0 Å². The van der Waals surface area contributed by atoms with Crippen molar-refractivity contribution in [1.82, 2.24) is 0 Å². The summed E-state index contributed by atoms with van der Waals surface area (Å²) in [4.78, 5) is 26.4. The van der Waals surface area contributed by atoms with Gasteiger partial charge in [-0.25, -0.2) is 0 Å². The molecule has 0 spiro atoms. The lowest BCUT2D eigenvalue weighted by atomic mass is 10.0. The van der Waals surface area contributed by atoms with Crippen LogP contribution >= 0.6 is 22.9 Å². The van der Waals surface area contributed by atoms with Crippen LogP contribution in [-0.4, -0.2) is 11.7 Å². The van der Waals surface area contributed by atoms with Crippen LogP contribution in [0, 0.1) is 13.8 Å². The number of nitrogens with one attached hydrogen (secondary N) is 1. The molecular formula is C20H16ClNO2S. The average molecular weight is 370 g/mol. The van der Waals surface area contributed by atoms with E-state index in [0.717, 1.165) is 10.4 Å². The van der Waals surface area contributed by atoms with Crippen LogP contribution in [0.25, 0.3) is 0 Å². The molecule has 1 N–H and O–H groups in total. The van der Waals surface area contributed by atoms with Crippen LogP contribution in [0.4, 0.5) is 5.00 Å². The van der Waals surface area contributed by atoms with Gasteiger partial charge in [0.1, 0.15) is 5.00 Å². The number of anilines is 1. The number of rotatable bonds is 4. The van der Waals surface area contributed by atoms with Crippen LogP contribution in [-0.2, 0) is 0 Å². The van der Waals surface area contributed by atoms with Crippen LogP contribution in [0.3, 0.4) is 0 Å². The second kappa shape index (κ2) is 7.21. The van der Waals surface area contributed by atoms with Gasteiger partial charge in [0.15, 0.2) is 5.78 Å². The average Bonchev–Trinajstić information content (AvgIpc) is 2.89. The molecule has 1 aromatic heterocycles. The molecular weight excluding hydrogens is 354 g/mol. The lowest BCUT2D eigenvalue weighted by molar-refractivity contribution is 0.102. The first-order valence-electron chi connectivity index (χ1n) is 7.74. The van der Waals surface area contributed by atoms with Crippen molar-refractivity contribution in [3.8, 4) is 0 Å². The Kier molecular flexibility index (Phi) is 5.02. The third kappa shape index (κ3) is 3.65. The molecule has 0 aliphatic rings. The highest BCUT2D eigenvalue weighted by molar-refractivity contribution is 7.17. The number of carbonyl (C=O) groups excluding carboxylic acids is 2. The van der Waals surface area contributed by atoms with Gasteiger partial charge in [0.05, 0.1) is 5.56 Å². The van der Waals surface area contributed by atoms with Gasteiger partial charge in [-0.05, 0) is 55.8 Å². The zero-order valence-electron chi connectivity index (χ0n) is 13.8. The highest BCUT2D eigenvalue weighted by Gasteiger charge is 2.22. The van der Waals surface area contributed by atoms with Gasteiger partial charge in [0.25, 0.3) is 5.91 Å². The van der Waals surface area contributed by atoms with Crippen LogP contribution < -0.4 is 5.32 Å². The van der Waals surface area contributed by atoms with Gasteiger partial charge in [-0.15, -0.1) is 11.3 Å². The fourth-order valence-corrected chi connectivity index (χ4v) is 3.68. The van der Waals surface area contributed by atoms with Crippen molar-refractivity contribution < 1.29 is 9.59 Å². The minimum atomic E-state index is -0.230. The molecule has 5 heteroatoms. The molecule has 1 amide bonds. The molecule has 0 radical (unpaired) electrons. The van der Waals surface area contributed by atoms with E-state index < -0.39 is 0 Å². The van der Waals surface area contributed by atoms with Gasteiger partial charge < -0.3 is 5.32 Å². The fraction of sp³-hybridized carbons (Fsp3) is 0.100. The molecule has 0 aliphatic heterocycles. The number of hydrogen-bond donors (Lipinski definition) is 1. The first kappa shape index (κ1) is 17.4. The number of carbonyl (C=O) groups is 2. The Morgan fingerprint density at radius 3 is 2.20 bits per heavy atom. The van der Waals surface area contributed by atoms with Crippen LogP contribution in [0.5, 0.6) is 0 Å². The van der Waals surface area contributed by atoms with E-state index in [0.29, 0.717) is 26.7 Å². The Balaban J connectivity index is 1.96. The van der Waals surface area contributed by atoms with E-state index in [9.17, 15) is 9.59 Å². The molecule has 0 bridgehead atoms. The molecule has 0 saturated carbocycles. The van der Waals surface area contributed by atoms with Crippen molar-refractivity contribution in [3.05, 3.63) is 86.8 Å². The van der Waals surface area contributed by atoms with Crippen LogP contribution in [0.2, 0.25) is 5.02 Å². The van der Waals surface area contributed by atoms with Crippen LogP contribution in [0.1, 0.15) is 36.7 Å². The first-order valence-corrected chi connectivity index (χ1v) is 8.93. The Labute approximate surface area is 155 Å². The Bertz CT molecular complexity index is 930. The fourth-order valence-electron chi connectivity index (χ4n) is 2.50. The normalized spacial score (nSPS) is 10.5. The van der Waals surface area contributed by atoms with E-state index in [-0.39, 0.29) is 11.7 Å². The Hall–Kier alpha value is -2.43. The Morgan fingerprint density at radius 1 is 0.920 bits per heavy atom. The topological polar surface area (TPSA) is 46.2 Å². The smallest absolute Gasteiger partial charge is 0.256 e. The summed E-state index contributed by atoms with van der Waals surface area (Å²) >= 11 is 7.31. The van der Waals surface area contributed by atoms with Gasteiger partial charge in [0.2, 0.25) is 0 Å².